The number of hydrogen-bond donors (Lipinski definition) is 1. The van der Waals surface area contributed by atoms with Crippen LogP contribution in [0.1, 0.15) is 16.7 Å². The van der Waals surface area contributed by atoms with Crippen molar-refractivity contribution in [3.8, 4) is 11.5 Å². The molecule has 0 aliphatic carbocycles. The first-order valence-corrected chi connectivity index (χ1v) is 8.82. The van der Waals surface area contributed by atoms with Gasteiger partial charge in [0.05, 0.1) is 11.1 Å². The van der Waals surface area contributed by atoms with Gasteiger partial charge in [0.1, 0.15) is 11.5 Å². The molecular weight excluding hydrogens is 354 g/mol. The Kier molecular flexibility index (Phi) is 3.39. The molecule has 0 radical (unpaired) electrons. The van der Waals surface area contributed by atoms with Crippen LogP contribution < -0.4 is 25.6 Å². The molecule has 3 aromatic rings. The summed E-state index contributed by atoms with van der Waals surface area (Å²) in [6, 6.07) is 18.1. The number of esters is 2. The summed E-state index contributed by atoms with van der Waals surface area (Å²) in [7, 11) is 0. The standard InChI is InChI=1S/C23H15NO4/c1-12-9-14(7-8-17(12)24)21-16-11-18-15(10-19(16)28-23(21)26)20(22(25)27-18)13-5-3-2-4-6-13/h2-11H,24H2,1H3. The van der Waals surface area contributed by atoms with Crippen LogP contribution in [0.5, 0.6) is 11.5 Å². The highest BCUT2D eigenvalue weighted by Gasteiger charge is 2.30. The summed E-state index contributed by atoms with van der Waals surface area (Å²) in [4.78, 5) is 25.0. The molecule has 0 unspecified atom stereocenters. The second kappa shape index (κ2) is 5.82. The number of carbonyl (C=O) groups excluding carboxylic acids is 2. The average Bonchev–Trinajstić information content (AvgIpc) is 3.17. The minimum atomic E-state index is -0.435. The van der Waals surface area contributed by atoms with Crippen molar-refractivity contribution in [3.63, 3.8) is 0 Å². The number of anilines is 1. The summed E-state index contributed by atoms with van der Waals surface area (Å²) >= 11 is 0. The van der Waals surface area contributed by atoms with E-state index in [1.54, 1.807) is 24.3 Å². The largest absolute Gasteiger partial charge is 0.422 e. The van der Waals surface area contributed by atoms with Crippen molar-refractivity contribution in [2.24, 2.45) is 0 Å². The van der Waals surface area contributed by atoms with E-state index in [2.05, 4.69) is 0 Å². The van der Waals surface area contributed by atoms with E-state index in [4.69, 9.17) is 15.2 Å². The van der Waals surface area contributed by atoms with Crippen molar-refractivity contribution in [1.82, 2.24) is 0 Å². The smallest absolute Gasteiger partial charge is 0.344 e. The van der Waals surface area contributed by atoms with Gasteiger partial charge in [-0.2, -0.15) is 0 Å². The highest BCUT2D eigenvalue weighted by Crippen LogP contribution is 2.28. The third-order valence-corrected chi connectivity index (χ3v) is 5.05. The quantitative estimate of drug-likeness (QED) is 0.423. The lowest BCUT2D eigenvalue weighted by Crippen LogP contribution is -2.11. The second-order valence-corrected chi connectivity index (χ2v) is 6.81. The normalized spacial score (nSPS) is 14.6. The molecule has 0 amide bonds. The molecule has 0 atom stereocenters. The van der Waals surface area contributed by atoms with Crippen LogP contribution in [0.3, 0.4) is 0 Å². The molecule has 5 nitrogen and oxygen atoms in total. The zero-order valence-corrected chi connectivity index (χ0v) is 15.0. The number of carbonyl (C=O) groups is 2. The van der Waals surface area contributed by atoms with Crippen LogP contribution in [0.2, 0.25) is 0 Å². The first-order chi connectivity index (χ1) is 13.5. The van der Waals surface area contributed by atoms with E-state index in [0.29, 0.717) is 44.3 Å². The van der Waals surface area contributed by atoms with Crippen molar-refractivity contribution < 1.29 is 19.1 Å². The molecule has 5 heteroatoms. The van der Waals surface area contributed by atoms with Crippen molar-refractivity contribution in [1.29, 1.82) is 0 Å². The fourth-order valence-corrected chi connectivity index (χ4v) is 3.62. The van der Waals surface area contributed by atoms with Crippen LogP contribution >= 0.6 is 0 Å². The summed E-state index contributed by atoms with van der Waals surface area (Å²) in [6.45, 7) is 1.88. The number of rotatable bonds is 2. The van der Waals surface area contributed by atoms with E-state index in [9.17, 15) is 9.59 Å². The Morgan fingerprint density at radius 3 is 1.86 bits per heavy atom. The summed E-state index contributed by atoms with van der Waals surface area (Å²) in [6.07, 6.45) is 0. The minimum Gasteiger partial charge on any atom is -0.422 e. The van der Waals surface area contributed by atoms with Gasteiger partial charge in [-0.15, -0.1) is 0 Å². The maximum Gasteiger partial charge on any atom is 0.344 e. The topological polar surface area (TPSA) is 78.6 Å². The molecule has 28 heavy (non-hydrogen) atoms. The lowest BCUT2D eigenvalue weighted by molar-refractivity contribution is -0.128. The molecule has 0 fully saturated rings. The minimum absolute atomic E-state index is 0.416. The average molecular weight is 369 g/mol. The zero-order valence-electron chi connectivity index (χ0n) is 15.0. The third-order valence-electron chi connectivity index (χ3n) is 5.05. The summed E-state index contributed by atoms with van der Waals surface area (Å²) in [5, 5.41) is 1.23. The Bertz CT molecular complexity index is 1310. The molecule has 0 spiro atoms. The monoisotopic (exact) mass is 369 g/mol. The van der Waals surface area contributed by atoms with E-state index >= 15 is 0 Å². The van der Waals surface area contributed by atoms with Crippen LogP contribution in [-0.2, 0) is 9.59 Å². The molecule has 2 N–H and O–H groups in total. The van der Waals surface area contributed by atoms with E-state index in [-0.39, 0.29) is 0 Å². The summed E-state index contributed by atoms with van der Waals surface area (Å²) in [5.41, 5.74) is 9.79. The maximum atomic E-state index is 12.6. The Hall–Kier alpha value is -3.86. The second-order valence-electron chi connectivity index (χ2n) is 6.81. The van der Waals surface area contributed by atoms with Gasteiger partial charge in [0.25, 0.3) is 0 Å². The van der Waals surface area contributed by atoms with Crippen molar-refractivity contribution in [3.05, 3.63) is 87.8 Å². The molecule has 3 aromatic carbocycles. The van der Waals surface area contributed by atoms with Gasteiger partial charge in [0.15, 0.2) is 0 Å². The first kappa shape index (κ1) is 16.3. The van der Waals surface area contributed by atoms with Crippen LogP contribution in [0.4, 0.5) is 5.69 Å². The third kappa shape index (κ3) is 2.33. The molecule has 2 aliphatic rings. The summed E-state index contributed by atoms with van der Waals surface area (Å²) < 4.78 is 11.0. The van der Waals surface area contributed by atoms with Crippen molar-refractivity contribution >= 4 is 28.8 Å². The van der Waals surface area contributed by atoms with Gasteiger partial charge in [0, 0.05) is 16.1 Å². The maximum absolute atomic E-state index is 12.6. The SMILES string of the molecule is Cc1cc(C2=c3cc4c(cc3OC2=O)=C(c2ccccc2)C(=O)O4)ccc1N. The van der Waals surface area contributed by atoms with E-state index in [0.717, 1.165) is 11.1 Å². The van der Waals surface area contributed by atoms with Gasteiger partial charge in [-0.05, 0) is 47.9 Å². The fraction of sp³-hybridized carbons (Fsp3) is 0.0435. The van der Waals surface area contributed by atoms with Crippen LogP contribution in [0.15, 0.2) is 60.7 Å². The number of fused-ring (bicyclic) bond motifs is 2. The zero-order chi connectivity index (χ0) is 19.4. The highest BCUT2D eigenvalue weighted by molar-refractivity contribution is 6.21. The van der Waals surface area contributed by atoms with Crippen molar-refractivity contribution in [2.75, 3.05) is 5.73 Å². The molecule has 136 valence electrons. The van der Waals surface area contributed by atoms with Gasteiger partial charge in [-0.1, -0.05) is 36.4 Å². The van der Waals surface area contributed by atoms with Crippen LogP contribution in [0, 0.1) is 6.92 Å². The van der Waals surface area contributed by atoms with Gasteiger partial charge in [0.2, 0.25) is 0 Å². The number of hydrogen-bond acceptors (Lipinski definition) is 5. The number of nitrogens with two attached hydrogens (primary N) is 1. The van der Waals surface area contributed by atoms with E-state index < -0.39 is 11.9 Å². The lowest BCUT2D eigenvalue weighted by Gasteiger charge is -2.04. The molecule has 2 heterocycles. The van der Waals surface area contributed by atoms with Crippen molar-refractivity contribution in [2.45, 2.75) is 6.92 Å². The molecule has 2 aliphatic heterocycles. The molecule has 0 saturated carbocycles. The molecular formula is C23H15NO4. The van der Waals surface area contributed by atoms with Crippen LogP contribution in [-0.4, -0.2) is 11.9 Å². The number of benzene rings is 3. The predicted molar refractivity (Wildman–Crippen MR) is 104 cm³/mol. The fourth-order valence-electron chi connectivity index (χ4n) is 3.62. The van der Waals surface area contributed by atoms with Gasteiger partial charge < -0.3 is 15.2 Å². The van der Waals surface area contributed by atoms with Gasteiger partial charge in [-0.3, -0.25) is 0 Å². The number of aryl methyl sites for hydroxylation is 1. The van der Waals surface area contributed by atoms with Gasteiger partial charge >= 0.3 is 11.9 Å². The first-order valence-electron chi connectivity index (χ1n) is 8.82. The molecule has 5 rings (SSSR count). The van der Waals surface area contributed by atoms with Gasteiger partial charge in [-0.25, -0.2) is 9.59 Å². The highest BCUT2D eigenvalue weighted by atomic mass is 16.5. The Labute approximate surface area is 160 Å². The molecule has 0 aromatic heterocycles. The Balaban J connectivity index is 1.78. The molecule has 0 bridgehead atoms. The van der Waals surface area contributed by atoms with E-state index in [1.165, 1.54) is 0 Å². The van der Waals surface area contributed by atoms with E-state index in [1.807, 2.05) is 43.3 Å². The number of ether oxygens (including phenoxy) is 2. The summed E-state index contributed by atoms with van der Waals surface area (Å²) in [5.74, 6) is -0.0120. The predicted octanol–water partition coefficient (Wildman–Crippen LogP) is 1.81. The number of nitrogen functional groups attached to an aromatic ring is 1. The Morgan fingerprint density at radius 2 is 1.29 bits per heavy atom. The lowest BCUT2D eigenvalue weighted by atomic mass is 10.00. The van der Waals surface area contributed by atoms with Crippen LogP contribution in [0.25, 0.3) is 11.1 Å². The Morgan fingerprint density at radius 1 is 0.714 bits per heavy atom. The molecule has 0 saturated heterocycles.